The molecule has 1 aromatic carbocycles. The van der Waals surface area contributed by atoms with E-state index in [1.807, 2.05) is 19.1 Å². The SMILES string of the molecule is COc1cc(OC)cc(-n2nnnc2CN(C)C(=O)C(C)C2CNC2)c1. The summed E-state index contributed by atoms with van der Waals surface area (Å²) in [7, 11) is 4.94. The molecular formula is C17H24N6O3. The van der Waals surface area contributed by atoms with Gasteiger partial charge in [0.05, 0.1) is 26.5 Å². The van der Waals surface area contributed by atoms with Crippen molar-refractivity contribution in [1.29, 1.82) is 0 Å². The molecule has 0 radical (unpaired) electrons. The fourth-order valence-electron chi connectivity index (χ4n) is 2.92. The molecule has 1 aliphatic heterocycles. The summed E-state index contributed by atoms with van der Waals surface area (Å²) in [6.07, 6.45) is 0. The number of nitrogens with one attached hydrogen (secondary N) is 1. The number of nitrogens with zero attached hydrogens (tertiary/aromatic N) is 5. The van der Waals surface area contributed by atoms with E-state index in [0.717, 1.165) is 13.1 Å². The van der Waals surface area contributed by atoms with E-state index in [2.05, 4.69) is 20.8 Å². The second kappa shape index (κ2) is 7.69. The molecule has 0 bridgehead atoms. The summed E-state index contributed by atoms with van der Waals surface area (Å²) in [5.41, 5.74) is 0.707. The van der Waals surface area contributed by atoms with Crippen molar-refractivity contribution >= 4 is 5.91 Å². The summed E-state index contributed by atoms with van der Waals surface area (Å²) < 4.78 is 12.2. The highest BCUT2D eigenvalue weighted by atomic mass is 16.5. The van der Waals surface area contributed by atoms with Crippen LogP contribution < -0.4 is 14.8 Å². The maximum Gasteiger partial charge on any atom is 0.225 e. The third-order valence-electron chi connectivity index (χ3n) is 4.78. The molecule has 1 fully saturated rings. The Hall–Kier alpha value is -2.68. The van der Waals surface area contributed by atoms with Gasteiger partial charge in [-0.05, 0) is 29.4 Å². The van der Waals surface area contributed by atoms with Gasteiger partial charge in [-0.25, -0.2) is 0 Å². The number of hydrogen-bond acceptors (Lipinski definition) is 7. The van der Waals surface area contributed by atoms with Crippen LogP contribution in [0.4, 0.5) is 0 Å². The van der Waals surface area contributed by atoms with Crippen LogP contribution in [0, 0.1) is 11.8 Å². The lowest BCUT2D eigenvalue weighted by Crippen LogP contribution is -2.49. The molecule has 0 spiro atoms. The molecule has 2 heterocycles. The normalized spacial score (nSPS) is 15.2. The zero-order valence-electron chi connectivity index (χ0n) is 15.5. The topological polar surface area (TPSA) is 94.4 Å². The molecule has 26 heavy (non-hydrogen) atoms. The smallest absolute Gasteiger partial charge is 0.225 e. The van der Waals surface area contributed by atoms with Gasteiger partial charge in [0.15, 0.2) is 5.82 Å². The predicted octanol–water partition coefficient (Wildman–Crippen LogP) is 0.493. The van der Waals surface area contributed by atoms with Crippen molar-refractivity contribution in [3.8, 4) is 17.2 Å². The Morgan fingerprint density at radius 2 is 1.96 bits per heavy atom. The van der Waals surface area contributed by atoms with E-state index in [0.29, 0.717) is 35.5 Å². The van der Waals surface area contributed by atoms with Crippen molar-refractivity contribution < 1.29 is 14.3 Å². The molecule has 9 heteroatoms. The maximum absolute atomic E-state index is 12.6. The number of carbonyl (C=O) groups is 1. The van der Waals surface area contributed by atoms with E-state index >= 15 is 0 Å². The van der Waals surface area contributed by atoms with Crippen LogP contribution in [0.5, 0.6) is 11.5 Å². The van der Waals surface area contributed by atoms with E-state index in [9.17, 15) is 4.79 Å². The summed E-state index contributed by atoms with van der Waals surface area (Å²) in [5.74, 6) is 2.29. The fourth-order valence-corrected chi connectivity index (χ4v) is 2.92. The highest BCUT2D eigenvalue weighted by Crippen LogP contribution is 2.25. The van der Waals surface area contributed by atoms with Gasteiger partial charge in [0.2, 0.25) is 5.91 Å². The monoisotopic (exact) mass is 360 g/mol. The minimum absolute atomic E-state index is 0.0255. The zero-order valence-corrected chi connectivity index (χ0v) is 15.5. The van der Waals surface area contributed by atoms with Gasteiger partial charge in [-0.3, -0.25) is 4.79 Å². The van der Waals surface area contributed by atoms with E-state index < -0.39 is 0 Å². The molecule has 3 rings (SSSR count). The van der Waals surface area contributed by atoms with Crippen molar-refractivity contribution in [2.45, 2.75) is 13.5 Å². The van der Waals surface area contributed by atoms with Crippen LogP contribution in [0.2, 0.25) is 0 Å². The highest BCUT2D eigenvalue weighted by molar-refractivity contribution is 5.78. The van der Waals surface area contributed by atoms with Crippen LogP contribution in [-0.4, -0.2) is 65.4 Å². The van der Waals surface area contributed by atoms with Gasteiger partial charge < -0.3 is 19.7 Å². The van der Waals surface area contributed by atoms with Gasteiger partial charge in [0, 0.05) is 31.2 Å². The number of methoxy groups -OCH3 is 2. The molecule has 9 nitrogen and oxygen atoms in total. The molecule has 1 saturated heterocycles. The zero-order chi connectivity index (χ0) is 18.7. The van der Waals surface area contributed by atoms with Crippen LogP contribution in [0.3, 0.4) is 0 Å². The molecule has 1 N–H and O–H groups in total. The molecule has 0 saturated carbocycles. The quantitative estimate of drug-likeness (QED) is 0.768. The minimum atomic E-state index is -0.0255. The Morgan fingerprint density at radius 3 is 2.50 bits per heavy atom. The summed E-state index contributed by atoms with van der Waals surface area (Å²) in [5, 5.41) is 15.1. The fraction of sp³-hybridized carbons (Fsp3) is 0.529. The van der Waals surface area contributed by atoms with E-state index in [1.54, 1.807) is 36.9 Å². The molecular weight excluding hydrogens is 336 g/mol. The molecule has 0 aliphatic carbocycles. The summed E-state index contributed by atoms with van der Waals surface area (Å²) in [6.45, 7) is 4.07. The van der Waals surface area contributed by atoms with E-state index in [-0.39, 0.29) is 11.8 Å². The largest absolute Gasteiger partial charge is 0.497 e. The Morgan fingerprint density at radius 1 is 1.31 bits per heavy atom. The Balaban J connectivity index is 1.79. The lowest BCUT2D eigenvalue weighted by molar-refractivity contribution is -0.136. The molecule has 2 aromatic rings. The lowest BCUT2D eigenvalue weighted by Gasteiger charge is -2.33. The van der Waals surface area contributed by atoms with Crippen LogP contribution in [-0.2, 0) is 11.3 Å². The molecule has 1 atom stereocenters. The van der Waals surface area contributed by atoms with Gasteiger partial charge in [0.1, 0.15) is 11.5 Å². The number of aromatic nitrogens is 4. The molecule has 140 valence electrons. The number of ether oxygens (including phenoxy) is 2. The van der Waals surface area contributed by atoms with Crippen LogP contribution >= 0.6 is 0 Å². The average molecular weight is 360 g/mol. The van der Waals surface area contributed by atoms with Gasteiger partial charge in [-0.1, -0.05) is 6.92 Å². The van der Waals surface area contributed by atoms with Crippen LogP contribution in [0.15, 0.2) is 18.2 Å². The predicted molar refractivity (Wildman–Crippen MR) is 94.3 cm³/mol. The molecule has 1 amide bonds. The number of amides is 1. The third-order valence-corrected chi connectivity index (χ3v) is 4.78. The second-order valence-corrected chi connectivity index (χ2v) is 6.48. The second-order valence-electron chi connectivity index (χ2n) is 6.48. The Kier molecular flexibility index (Phi) is 5.36. The number of hydrogen-bond donors (Lipinski definition) is 1. The van der Waals surface area contributed by atoms with Crippen molar-refractivity contribution in [2.24, 2.45) is 11.8 Å². The van der Waals surface area contributed by atoms with Gasteiger partial charge >= 0.3 is 0 Å². The van der Waals surface area contributed by atoms with Crippen LogP contribution in [0.25, 0.3) is 5.69 Å². The Labute approximate surface area is 152 Å². The lowest BCUT2D eigenvalue weighted by atomic mass is 9.88. The first-order chi connectivity index (χ1) is 12.5. The molecule has 1 unspecified atom stereocenters. The highest BCUT2D eigenvalue weighted by Gasteiger charge is 2.31. The van der Waals surface area contributed by atoms with Gasteiger partial charge in [-0.2, -0.15) is 4.68 Å². The van der Waals surface area contributed by atoms with Gasteiger partial charge in [0.25, 0.3) is 0 Å². The molecule has 1 aliphatic rings. The van der Waals surface area contributed by atoms with E-state index in [4.69, 9.17) is 9.47 Å². The number of rotatable bonds is 7. The van der Waals surface area contributed by atoms with Crippen LogP contribution in [0.1, 0.15) is 12.7 Å². The first-order valence-corrected chi connectivity index (χ1v) is 8.50. The standard InChI is InChI=1S/C17H24N6O3/c1-11(12-8-18-9-12)17(24)22(2)10-16-19-20-21-23(16)13-5-14(25-3)7-15(6-13)26-4/h5-7,11-12,18H,8-10H2,1-4H3. The first kappa shape index (κ1) is 18.1. The number of tetrazole rings is 1. The summed E-state index contributed by atoms with van der Waals surface area (Å²) in [4.78, 5) is 14.3. The van der Waals surface area contributed by atoms with Gasteiger partial charge in [-0.15, -0.1) is 5.10 Å². The summed E-state index contributed by atoms with van der Waals surface area (Å²) >= 11 is 0. The average Bonchev–Trinajstić information content (AvgIpc) is 3.06. The minimum Gasteiger partial charge on any atom is -0.497 e. The summed E-state index contributed by atoms with van der Waals surface area (Å²) in [6, 6.07) is 5.40. The first-order valence-electron chi connectivity index (χ1n) is 8.50. The molecule has 1 aromatic heterocycles. The third kappa shape index (κ3) is 3.62. The van der Waals surface area contributed by atoms with Crippen molar-refractivity contribution in [1.82, 2.24) is 30.4 Å². The maximum atomic E-state index is 12.6. The number of benzene rings is 1. The van der Waals surface area contributed by atoms with Crippen molar-refractivity contribution in [3.63, 3.8) is 0 Å². The van der Waals surface area contributed by atoms with E-state index in [1.165, 1.54) is 0 Å². The van der Waals surface area contributed by atoms with Crippen molar-refractivity contribution in [2.75, 3.05) is 34.4 Å². The number of carbonyl (C=O) groups excluding carboxylic acids is 1. The van der Waals surface area contributed by atoms with Crippen molar-refractivity contribution in [3.05, 3.63) is 24.0 Å². The Bertz CT molecular complexity index is 751.